The molecule has 10 heteroatoms. The summed E-state index contributed by atoms with van der Waals surface area (Å²) >= 11 is 0. The van der Waals surface area contributed by atoms with Gasteiger partial charge in [-0.2, -0.15) is 0 Å². The van der Waals surface area contributed by atoms with Crippen LogP contribution in [0.5, 0.6) is 46.0 Å². The minimum atomic E-state index is -0.568. The maximum Gasteiger partial charge on any atom is 0.343 e. The van der Waals surface area contributed by atoms with Gasteiger partial charge in [0.2, 0.25) is 11.5 Å². The maximum absolute atomic E-state index is 13.0. The largest absolute Gasteiger partial charge is 0.493 e. The lowest BCUT2D eigenvalue weighted by molar-refractivity contribution is 0.0724. The Morgan fingerprint density at radius 3 is 1.07 bits per heavy atom. The van der Waals surface area contributed by atoms with Crippen molar-refractivity contribution >= 4 is 11.9 Å². The number of carbonyl (C=O) groups is 2. The molecule has 4 aromatic carbocycles. The smallest absolute Gasteiger partial charge is 0.343 e. The molecule has 0 heterocycles. The molecule has 10 nitrogen and oxygen atoms in total. The molecule has 0 fully saturated rings. The molecule has 46 heavy (non-hydrogen) atoms. The number of esters is 2. The number of hydrogen-bond donors (Lipinski definition) is 0. The van der Waals surface area contributed by atoms with Gasteiger partial charge in [0.15, 0.2) is 23.0 Å². The lowest BCUT2D eigenvalue weighted by Gasteiger charge is -2.30. The standard InChI is InChI=1S/C36H38O10/c1-9-36(2,24-10-14-26(15-11-24)45-34(37)22-18-28(39-3)32(43-7)29(19-22)40-4)25-12-16-27(17-13-25)46-35(38)23-20-30(41-5)33(44-8)31(21-23)42-6/h10-21H,9H2,1-8H3. The van der Waals surface area contributed by atoms with Crippen LogP contribution in [-0.2, 0) is 5.41 Å². The van der Waals surface area contributed by atoms with Crippen LogP contribution in [0, 0.1) is 0 Å². The second kappa shape index (κ2) is 14.6. The Labute approximate surface area is 268 Å². The highest BCUT2D eigenvalue weighted by molar-refractivity contribution is 5.93. The van der Waals surface area contributed by atoms with Crippen LogP contribution in [0.3, 0.4) is 0 Å². The van der Waals surface area contributed by atoms with Crippen LogP contribution in [0.2, 0.25) is 0 Å². The number of benzene rings is 4. The van der Waals surface area contributed by atoms with Crippen LogP contribution in [0.1, 0.15) is 52.1 Å². The van der Waals surface area contributed by atoms with E-state index in [0.717, 1.165) is 17.5 Å². The van der Waals surface area contributed by atoms with Gasteiger partial charge < -0.3 is 37.9 Å². The summed E-state index contributed by atoms with van der Waals surface area (Å²) in [4.78, 5) is 25.9. The highest BCUT2D eigenvalue weighted by Gasteiger charge is 2.28. The van der Waals surface area contributed by atoms with Crippen molar-refractivity contribution in [3.63, 3.8) is 0 Å². The first-order valence-corrected chi connectivity index (χ1v) is 14.4. The Bertz CT molecular complexity index is 1510. The fourth-order valence-corrected chi connectivity index (χ4v) is 5.09. The summed E-state index contributed by atoms with van der Waals surface area (Å²) in [5, 5.41) is 0. The minimum absolute atomic E-state index is 0.253. The molecule has 0 saturated carbocycles. The normalized spacial score (nSPS) is 10.9. The van der Waals surface area contributed by atoms with Crippen molar-refractivity contribution in [1.29, 1.82) is 0 Å². The van der Waals surface area contributed by atoms with Gasteiger partial charge in [0.1, 0.15) is 11.5 Å². The fourth-order valence-electron chi connectivity index (χ4n) is 5.09. The second-order valence-corrected chi connectivity index (χ2v) is 10.3. The molecule has 0 radical (unpaired) electrons. The summed E-state index contributed by atoms with van der Waals surface area (Å²) in [6, 6.07) is 20.9. The molecule has 242 valence electrons. The Morgan fingerprint density at radius 1 is 0.522 bits per heavy atom. The predicted molar refractivity (Wildman–Crippen MR) is 172 cm³/mol. The quantitative estimate of drug-likeness (QED) is 0.114. The van der Waals surface area contributed by atoms with E-state index in [1.54, 1.807) is 24.3 Å². The topological polar surface area (TPSA) is 108 Å². The van der Waals surface area contributed by atoms with Gasteiger partial charge in [0.05, 0.1) is 53.8 Å². The number of ether oxygens (including phenoxy) is 8. The molecule has 0 aliphatic rings. The Morgan fingerprint density at radius 2 is 0.826 bits per heavy atom. The van der Waals surface area contributed by atoms with Crippen LogP contribution >= 0.6 is 0 Å². The molecule has 0 atom stereocenters. The van der Waals surface area contributed by atoms with Crippen LogP contribution < -0.4 is 37.9 Å². The summed E-state index contributed by atoms with van der Waals surface area (Å²) in [5.41, 5.74) is 2.17. The van der Waals surface area contributed by atoms with E-state index in [1.165, 1.54) is 66.9 Å². The zero-order chi connectivity index (χ0) is 33.4. The molecule has 0 aliphatic carbocycles. The third kappa shape index (κ3) is 6.81. The molecular weight excluding hydrogens is 592 g/mol. The van der Waals surface area contributed by atoms with Gasteiger partial charge in [-0.25, -0.2) is 9.59 Å². The SMILES string of the molecule is CCC(C)(c1ccc(OC(=O)c2cc(OC)c(OC)c(OC)c2)cc1)c1ccc(OC(=O)c2cc(OC)c(OC)c(OC)c2)cc1. The summed E-state index contributed by atoms with van der Waals surface area (Å²) in [7, 11) is 8.91. The summed E-state index contributed by atoms with van der Waals surface area (Å²) in [5.74, 6) is 1.81. The van der Waals surface area contributed by atoms with Crippen LogP contribution in [0.25, 0.3) is 0 Å². The van der Waals surface area contributed by atoms with E-state index in [-0.39, 0.29) is 16.5 Å². The highest BCUT2D eigenvalue weighted by atomic mass is 16.6. The zero-order valence-corrected chi connectivity index (χ0v) is 27.2. The van der Waals surface area contributed by atoms with E-state index in [2.05, 4.69) is 13.8 Å². The van der Waals surface area contributed by atoms with Crippen LogP contribution in [0.4, 0.5) is 0 Å². The molecule has 4 aromatic rings. The lowest BCUT2D eigenvalue weighted by atomic mass is 9.74. The minimum Gasteiger partial charge on any atom is -0.493 e. The average Bonchev–Trinajstić information content (AvgIpc) is 3.10. The fraction of sp³-hybridized carbons (Fsp3) is 0.278. The molecule has 0 N–H and O–H groups in total. The summed E-state index contributed by atoms with van der Waals surface area (Å²) in [6.07, 6.45) is 0.780. The molecule has 0 aliphatic heterocycles. The monoisotopic (exact) mass is 630 g/mol. The molecule has 0 bridgehead atoms. The van der Waals surface area contributed by atoms with Crippen molar-refractivity contribution in [3.8, 4) is 46.0 Å². The van der Waals surface area contributed by atoms with Gasteiger partial charge >= 0.3 is 11.9 Å². The first-order valence-electron chi connectivity index (χ1n) is 14.4. The maximum atomic E-state index is 13.0. The molecule has 0 spiro atoms. The van der Waals surface area contributed by atoms with E-state index in [9.17, 15) is 9.59 Å². The van der Waals surface area contributed by atoms with Crippen LogP contribution in [0.15, 0.2) is 72.8 Å². The molecule has 0 aromatic heterocycles. The number of hydrogen-bond acceptors (Lipinski definition) is 10. The van der Waals surface area contributed by atoms with Crippen molar-refractivity contribution in [1.82, 2.24) is 0 Å². The number of carbonyl (C=O) groups excluding carboxylic acids is 2. The van der Waals surface area contributed by atoms with Crippen molar-refractivity contribution in [2.24, 2.45) is 0 Å². The van der Waals surface area contributed by atoms with Gasteiger partial charge in [-0.15, -0.1) is 0 Å². The Kier molecular flexibility index (Phi) is 10.6. The van der Waals surface area contributed by atoms with Crippen LogP contribution in [-0.4, -0.2) is 54.6 Å². The van der Waals surface area contributed by atoms with E-state index in [0.29, 0.717) is 46.0 Å². The zero-order valence-electron chi connectivity index (χ0n) is 27.2. The van der Waals surface area contributed by atoms with E-state index < -0.39 is 11.9 Å². The van der Waals surface area contributed by atoms with E-state index in [4.69, 9.17) is 37.9 Å². The van der Waals surface area contributed by atoms with Crippen molar-refractivity contribution in [3.05, 3.63) is 95.1 Å². The predicted octanol–water partition coefficient (Wildman–Crippen LogP) is 6.89. The molecule has 0 saturated heterocycles. The number of rotatable bonds is 13. The first-order chi connectivity index (χ1) is 22.1. The van der Waals surface area contributed by atoms with Crippen molar-refractivity contribution in [2.75, 3.05) is 42.7 Å². The highest BCUT2D eigenvalue weighted by Crippen LogP contribution is 2.40. The third-order valence-corrected chi connectivity index (χ3v) is 7.91. The van der Waals surface area contributed by atoms with Crippen molar-refractivity contribution in [2.45, 2.75) is 25.7 Å². The molecular formula is C36H38O10. The van der Waals surface area contributed by atoms with E-state index >= 15 is 0 Å². The van der Waals surface area contributed by atoms with Gasteiger partial charge in [0.25, 0.3) is 0 Å². The second-order valence-electron chi connectivity index (χ2n) is 10.3. The lowest BCUT2D eigenvalue weighted by Crippen LogP contribution is -2.22. The summed E-state index contributed by atoms with van der Waals surface area (Å²) < 4.78 is 43.4. The van der Waals surface area contributed by atoms with Gasteiger partial charge in [-0.05, 0) is 66.1 Å². The van der Waals surface area contributed by atoms with Gasteiger partial charge in [-0.3, -0.25) is 0 Å². The van der Waals surface area contributed by atoms with Gasteiger partial charge in [0, 0.05) is 5.41 Å². The first kappa shape index (κ1) is 33.5. The Hall–Kier alpha value is -5.38. The third-order valence-electron chi connectivity index (χ3n) is 7.91. The molecule has 0 amide bonds. The van der Waals surface area contributed by atoms with E-state index in [1.807, 2.05) is 24.3 Å². The Balaban J connectivity index is 1.50. The van der Waals surface area contributed by atoms with Crippen molar-refractivity contribution < 1.29 is 47.5 Å². The molecule has 0 unspecified atom stereocenters. The summed E-state index contributed by atoms with van der Waals surface area (Å²) in [6.45, 7) is 4.22. The average molecular weight is 631 g/mol. The molecule has 4 rings (SSSR count). The number of methoxy groups -OCH3 is 6. The van der Waals surface area contributed by atoms with Gasteiger partial charge in [-0.1, -0.05) is 38.1 Å².